The molecule has 11 rings (SSSR count). The second-order valence-corrected chi connectivity index (χ2v) is 17.3. The number of aryl methyl sites for hydroxylation is 4. The molecule has 11 aromatic rings. The van der Waals surface area contributed by atoms with Gasteiger partial charge in [0.05, 0.1) is 44.8 Å². The van der Waals surface area contributed by atoms with Crippen LogP contribution in [0, 0.1) is 27.7 Å². The van der Waals surface area contributed by atoms with Crippen molar-refractivity contribution in [3.63, 3.8) is 0 Å². The minimum Gasteiger partial charge on any atom is -0.308 e. The third-order valence-electron chi connectivity index (χ3n) is 12.7. The first-order chi connectivity index (χ1) is 32.8. The van der Waals surface area contributed by atoms with Crippen LogP contribution in [0.3, 0.4) is 0 Å². The molecule has 0 saturated heterocycles. The number of benzene rings is 7. The summed E-state index contributed by atoms with van der Waals surface area (Å²) in [5, 5.41) is 4.69. The highest BCUT2D eigenvalue weighted by molar-refractivity contribution is 6.12. The van der Waals surface area contributed by atoms with Crippen LogP contribution in [0.2, 0.25) is 0 Å². The number of hydrogen-bond donors (Lipinski definition) is 0. The van der Waals surface area contributed by atoms with Crippen LogP contribution < -0.4 is 0 Å². The molecule has 322 valence electrons. The van der Waals surface area contributed by atoms with E-state index in [0.717, 1.165) is 72.6 Å². The summed E-state index contributed by atoms with van der Waals surface area (Å²) in [6.07, 6.45) is 7.86. The van der Waals surface area contributed by atoms with E-state index in [1.807, 2.05) is 61.7 Å². The molecule has 0 atom stereocenters. The van der Waals surface area contributed by atoms with Crippen molar-refractivity contribution in [2.45, 2.75) is 34.6 Å². The fourth-order valence-electron chi connectivity index (χ4n) is 9.60. The molecule has 0 unspecified atom stereocenters. The normalized spacial score (nSPS) is 12.0. The first-order valence-corrected chi connectivity index (χ1v) is 22.6. The average molecular weight is 866 g/mol. The lowest BCUT2D eigenvalue weighted by molar-refractivity contribution is 1.05. The van der Waals surface area contributed by atoms with Gasteiger partial charge in [0.1, 0.15) is 0 Å². The van der Waals surface area contributed by atoms with Gasteiger partial charge in [-0.2, -0.15) is 0 Å². The van der Waals surface area contributed by atoms with Gasteiger partial charge in [0.25, 0.3) is 0 Å². The van der Waals surface area contributed by atoms with Gasteiger partial charge in [-0.3, -0.25) is 9.98 Å². The highest BCUT2D eigenvalue weighted by Gasteiger charge is 2.26. The zero-order valence-corrected chi connectivity index (χ0v) is 38.2. The van der Waals surface area contributed by atoms with Crippen LogP contribution >= 0.6 is 0 Å². The molecular weight excluding hydrogens is 819 g/mol. The van der Waals surface area contributed by atoms with Crippen LogP contribution in [0.1, 0.15) is 34.7 Å². The zero-order valence-electron chi connectivity index (χ0n) is 38.2. The summed E-state index contributed by atoms with van der Waals surface area (Å²) in [6, 6.07) is 55.6. The number of aliphatic imine (C=N–C) groups is 1. The van der Waals surface area contributed by atoms with E-state index in [2.05, 4.69) is 176 Å². The monoisotopic (exact) mass is 865 g/mol. The van der Waals surface area contributed by atoms with Crippen molar-refractivity contribution in [1.82, 2.24) is 29.1 Å². The van der Waals surface area contributed by atoms with E-state index >= 15 is 0 Å². The zero-order chi connectivity index (χ0) is 45.8. The van der Waals surface area contributed by atoms with Crippen molar-refractivity contribution < 1.29 is 0 Å². The van der Waals surface area contributed by atoms with E-state index in [4.69, 9.17) is 19.9 Å². The molecule has 0 fully saturated rings. The van der Waals surface area contributed by atoms with E-state index in [0.29, 0.717) is 17.5 Å². The van der Waals surface area contributed by atoms with E-state index < -0.39 is 0 Å². The van der Waals surface area contributed by atoms with Crippen LogP contribution in [-0.4, -0.2) is 35.8 Å². The first-order valence-electron chi connectivity index (χ1n) is 22.6. The minimum atomic E-state index is 0.520. The Morgan fingerprint density at radius 2 is 0.970 bits per heavy atom. The predicted octanol–water partition coefficient (Wildman–Crippen LogP) is 15.0. The number of aromatic nitrogens is 6. The van der Waals surface area contributed by atoms with Crippen LogP contribution in [0.4, 0.5) is 0 Å². The summed E-state index contributed by atoms with van der Waals surface area (Å²) in [6.45, 7) is 14.7. The molecule has 0 saturated carbocycles. The number of pyridine rings is 1. The van der Waals surface area contributed by atoms with Gasteiger partial charge in [-0.15, -0.1) is 0 Å². The molecular formula is C60H47N7. The molecule has 0 amide bonds. The van der Waals surface area contributed by atoms with E-state index in [1.165, 1.54) is 43.8 Å². The molecule has 4 aromatic heterocycles. The lowest BCUT2D eigenvalue weighted by atomic mass is 10.0. The largest absolute Gasteiger partial charge is 0.308 e. The summed E-state index contributed by atoms with van der Waals surface area (Å²) in [4.78, 5) is 26.0. The average Bonchev–Trinajstić information content (AvgIpc) is 3.84. The van der Waals surface area contributed by atoms with E-state index in [-0.39, 0.29) is 0 Å². The number of rotatable bonds is 9. The molecule has 0 aliphatic rings. The number of nitrogens with zero attached hydrogens (tertiary/aromatic N) is 7. The number of allylic oxidation sites excluding steroid dienone is 3. The summed E-state index contributed by atoms with van der Waals surface area (Å²) in [5.74, 6) is 1.61. The minimum absolute atomic E-state index is 0.520. The molecule has 7 aromatic carbocycles. The fourth-order valence-corrected chi connectivity index (χ4v) is 9.60. The highest BCUT2D eigenvalue weighted by Crippen LogP contribution is 2.44. The third kappa shape index (κ3) is 7.13. The third-order valence-corrected chi connectivity index (χ3v) is 12.7. The lowest BCUT2D eigenvalue weighted by Gasteiger charge is -2.20. The molecule has 4 heterocycles. The van der Waals surface area contributed by atoms with E-state index in [9.17, 15) is 0 Å². The summed E-state index contributed by atoms with van der Waals surface area (Å²) >= 11 is 0. The molecule has 0 aliphatic heterocycles. The molecule has 0 radical (unpaired) electrons. The Bertz CT molecular complexity index is 3700. The quantitative estimate of drug-likeness (QED) is 0.107. The van der Waals surface area contributed by atoms with Gasteiger partial charge in [0.15, 0.2) is 17.5 Å². The maximum Gasteiger partial charge on any atom is 0.166 e. The van der Waals surface area contributed by atoms with Gasteiger partial charge in [-0.25, -0.2) is 15.0 Å². The van der Waals surface area contributed by atoms with Gasteiger partial charge in [0, 0.05) is 55.6 Å². The van der Waals surface area contributed by atoms with E-state index in [1.54, 1.807) is 0 Å². The molecule has 7 nitrogen and oxygen atoms in total. The van der Waals surface area contributed by atoms with Crippen molar-refractivity contribution in [1.29, 1.82) is 0 Å². The van der Waals surface area contributed by atoms with Crippen molar-refractivity contribution >= 4 is 56.0 Å². The second kappa shape index (κ2) is 16.8. The van der Waals surface area contributed by atoms with Gasteiger partial charge in [-0.1, -0.05) is 119 Å². The second-order valence-electron chi connectivity index (χ2n) is 17.3. The van der Waals surface area contributed by atoms with Crippen molar-refractivity contribution in [2.24, 2.45) is 4.99 Å². The van der Waals surface area contributed by atoms with Gasteiger partial charge in [0.2, 0.25) is 0 Å². The highest BCUT2D eigenvalue weighted by atomic mass is 15.1. The Morgan fingerprint density at radius 3 is 1.48 bits per heavy atom. The Kier molecular flexibility index (Phi) is 10.3. The number of hydrogen-bond acceptors (Lipinski definition) is 5. The Balaban J connectivity index is 1.28. The standard InChI is InChI=1S/C60H47N7/c1-7-8-22-50(61-6)42-18-14-20-44(56(42)66-52-28-24-37(2)33-46(52)47-34-38(3)25-29-53(47)66)59-63-58(41-16-10-9-11-17-41)64-60(65-59)45-21-15-19-43(51-23-12-13-32-62-51)57(45)67-54-30-26-39(4)35-48(54)49-36-40(5)27-31-55(49)67/h7-36H,6H2,1-5H3/b8-7-,50-22-. The van der Waals surface area contributed by atoms with Crippen LogP contribution in [-0.2, 0) is 0 Å². The summed E-state index contributed by atoms with van der Waals surface area (Å²) in [7, 11) is 0. The lowest BCUT2D eigenvalue weighted by Crippen LogP contribution is -2.08. The molecule has 7 heteroatoms. The molecule has 0 spiro atoms. The smallest absolute Gasteiger partial charge is 0.166 e. The van der Waals surface area contributed by atoms with Crippen molar-refractivity contribution in [3.05, 3.63) is 210 Å². The van der Waals surface area contributed by atoms with Crippen molar-refractivity contribution in [2.75, 3.05) is 0 Å². The maximum absolute atomic E-state index is 5.59. The summed E-state index contributed by atoms with van der Waals surface area (Å²) < 4.78 is 4.72. The Hall–Kier alpha value is -8.55. The number of fused-ring (bicyclic) bond motifs is 6. The van der Waals surface area contributed by atoms with Crippen LogP contribution in [0.25, 0.3) is 106 Å². The molecule has 0 bridgehead atoms. The fraction of sp³-hybridized carbons (Fsp3) is 0.0833. The SMILES string of the molecule is C=N/C(=C\C=C/C)c1cccc(-c2nc(-c3ccccc3)nc(-c3cccc(-c4ccccn4)c3-n3c4ccc(C)cc4c4cc(C)ccc43)n2)c1-n1c2ccc(C)cc2c2cc(C)ccc21. The van der Waals surface area contributed by atoms with Gasteiger partial charge in [-0.05, 0) is 120 Å². The first kappa shape index (κ1) is 41.2. The molecule has 0 N–H and O–H groups in total. The summed E-state index contributed by atoms with van der Waals surface area (Å²) in [5.41, 5.74) is 16.8. The predicted molar refractivity (Wildman–Crippen MR) is 279 cm³/mol. The molecule has 67 heavy (non-hydrogen) atoms. The maximum atomic E-state index is 5.59. The topological polar surface area (TPSA) is 73.8 Å². The van der Waals surface area contributed by atoms with Crippen LogP contribution in [0.15, 0.2) is 187 Å². The Labute approximate surface area is 389 Å². The number of para-hydroxylation sites is 2. The van der Waals surface area contributed by atoms with Gasteiger partial charge >= 0.3 is 0 Å². The van der Waals surface area contributed by atoms with Crippen molar-refractivity contribution in [3.8, 4) is 56.8 Å². The molecule has 0 aliphatic carbocycles. The van der Waals surface area contributed by atoms with Crippen LogP contribution in [0.5, 0.6) is 0 Å². The van der Waals surface area contributed by atoms with Gasteiger partial charge < -0.3 is 9.13 Å². The Morgan fingerprint density at radius 1 is 0.493 bits per heavy atom.